The van der Waals surface area contributed by atoms with Crippen LogP contribution in [0.4, 0.5) is 5.69 Å². The maximum absolute atomic E-state index is 12.8. The molecule has 31 heavy (non-hydrogen) atoms. The summed E-state index contributed by atoms with van der Waals surface area (Å²) >= 11 is 0. The summed E-state index contributed by atoms with van der Waals surface area (Å²) in [7, 11) is 0. The van der Waals surface area contributed by atoms with E-state index in [9.17, 15) is 9.59 Å². The first-order valence-electron chi connectivity index (χ1n) is 10.2. The number of fused-ring (bicyclic) bond motifs is 2. The highest BCUT2D eigenvalue weighted by Crippen LogP contribution is 2.33. The van der Waals surface area contributed by atoms with Gasteiger partial charge in [-0.05, 0) is 37.1 Å². The number of carbonyl (C=O) groups is 2. The number of para-hydroxylation sites is 2. The molecule has 156 valence electrons. The number of benzene rings is 2. The van der Waals surface area contributed by atoms with Gasteiger partial charge in [0, 0.05) is 28.8 Å². The van der Waals surface area contributed by atoms with Crippen LogP contribution in [0.25, 0.3) is 10.9 Å². The van der Waals surface area contributed by atoms with Crippen LogP contribution in [-0.4, -0.2) is 22.8 Å². The number of H-pyrrole nitrogens is 1. The van der Waals surface area contributed by atoms with Crippen molar-refractivity contribution >= 4 is 28.4 Å². The highest BCUT2D eigenvalue weighted by Gasteiger charge is 2.28. The minimum atomic E-state index is -0.419. The van der Waals surface area contributed by atoms with Gasteiger partial charge in [-0.1, -0.05) is 36.4 Å². The molecule has 3 N–H and O–H groups in total. The van der Waals surface area contributed by atoms with Crippen LogP contribution >= 0.6 is 0 Å². The zero-order chi connectivity index (χ0) is 21.4. The number of furan rings is 1. The number of anilines is 1. The fourth-order valence-corrected chi connectivity index (χ4v) is 4.20. The number of nitrogens with one attached hydrogen (secondary N) is 3. The molecule has 0 aliphatic carbocycles. The Balaban J connectivity index is 1.28. The van der Waals surface area contributed by atoms with E-state index in [1.165, 1.54) is 11.8 Å². The Hall–Kier alpha value is -4.00. The predicted octanol–water partition coefficient (Wildman–Crippen LogP) is 3.79. The van der Waals surface area contributed by atoms with Crippen LogP contribution in [0, 0.1) is 0 Å². The molecule has 1 aliphatic rings. The fourth-order valence-electron chi connectivity index (χ4n) is 4.20. The lowest BCUT2D eigenvalue weighted by molar-refractivity contribution is 0.0846. The molecule has 0 saturated carbocycles. The number of hydrazine groups is 1. The van der Waals surface area contributed by atoms with Crippen molar-refractivity contribution in [1.29, 1.82) is 0 Å². The van der Waals surface area contributed by atoms with E-state index in [2.05, 4.69) is 39.8 Å². The maximum atomic E-state index is 12.8. The van der Waals surface area contributed by atoms with E-state index < -0.39 is 11.8 Å². The third-order valence-electron chi connectivity index (χ3n) is 5.78. The van der Waals surface area contributed by atoms with Gasteiger partial charge in [0.05, 0.1) is 23.9 Å². The summed E-state index contributed by atoms with van der Waals surface area (Å²) in [6.07, 6.45) is 4.08. The van der Waals surface area contributed by atoms with Gasteiger partial charge in [0.1, 0.15) is 5.76 Å². The lowest BCUT2D eigenvalue weighted by atomic mass is 10.1. The Kier molecular flexibility index (Phi) is 4.71. The van der Waals surface area contributed by atoms with Gasteiger partial charge in [-0.2, -0.15) is 0 Å². The lowest BCUT2D eigenvalue weighted by Gasteiger charge is -2.24. The molecular formula is C24H22N4O3. The molecular weight excluding hydrogens is 392 g/mol. The first-order valence-corrected chi connectivity index (χ1v) is 10.2. The lowest BCUT2D eigenvalue weighted by Crippen LogP contribution is -2.42. The molecule has 3 heterocycles. The van der Waals surface area contributed by atoms with Gasteiger partial charge in [0.25, 0.3) is 11.8 Å². The van der Waals surface area contributed by atoms with E-state index in [-0.39, 0.29) is 0 Å². The summed E-state index contributed by atoms with van der Waals surface area (Å²) in [5, 5.41) is 0.792. The van der Waals surface area contributed by atoms with Crippen molar-refractivity contribution in [3.05, 3.63) is 89.5 Å². The summed E-state index contributed by atoms with van der Waals surface area (Å²) in [6.45, 7) is 2.63. The summed E-state index contributed by atoms with van der Waals surface area (Å²) in [5.74, 6) is -0.252. The van der Waals surface area contributed by atoms with Crippen molar-refractivity contribution in [2.75, 3.05) is 4.90 Å². The minimum absolute atomic E-state index is 0.306. The van der Waals surface area contributed by atoms with Crippen LogP contribution in [0.2, 0.25) is 0 Å². The topological polar surface area (TPSA) is 90.4 Å². The first-order chi connectivity index (χ1) is 15.1. The van der Waals surface area contributed by atoms with Crippen LogP contribution in [0.3, 0.4) is 0 Å². The zero-order valence-corrected chi connectivity index (χ0v) is 17.0. The van der Waals surface area contributed by atoms with Crippen molar-refractivity contribution < 1.29 is 14.0 Å². The SMILES string of the molecule is CC1Cc2ccccc2N1Cc1occc1C(=O)NNC(=O)c1c[nH]c2ccccc12. The number of nitrogens with zero attached hydrogens (tertiary/aromatic N) is 1. The summed E-state index contributed by atoms with van der Waals surface area (Å²) in [6, 6.07) is 17.7. The molecule has 1 atom stereocenters. The molecule has 1 aliphatic heterocycles. The standard InChI is InChI=1S/C24H22N4O3/c1-15-12-16-6-2-5-9-21(16)28(15)14-22-18(10-11-31-22)23(29)26-27-24(30)19-13-25-20-8-4-3-7-17(19)20/h2-11,13,15,25H,12,14H2,1H3,(H,26,29)(H,27,30). The third kappa shape index (κ3) is 3.44. The quantitative estimate of drug-likeness (QED) is 0.443. The second kappa shape index (κ2) is 7.68. The Morgan fingerprint density at radius 3 is 2.65 bits per heavy atom. The van der Waals surface area contributed by atoms with Gasteiger partial charge in [-0.15, -0.1) is 0 Å². The van der Waals surface area contributed by atoms with Crippen LogP contribution < -0.4 is 15.8 Å². The Bertz CT molecular complexity index is 1270. The maximum Gasteiger partial charge on any atom is 0.273 e. The van der Waals surface area contributed by atoms with Crippen molar-refractivity contribution in [3.8, 4) is 0 Å². The van der Waals surface area contributed by atoms with E-state index in [4.69, 9.17) is 4.42 Å². The van der Waals surface area contributed by atoms with Crippen molar-refractivity contribution in [3.63, 3.8) is 0 Å². The van der Waals surface area contributed by atoms with Crippen LogP contribution in [0.15, 0.2) is 71.5 Å². The van der Waals surface area contributed by atoms with Crippen molar-refractivity contribution in [1.82, 2.24) is 15.8 Å². The number of rotatable bonds is 4. The van der Waals surface area contributed by atoms with E-state index in [1.807, 2.05) is 36.4 Å². The fraction of sp³-hybridized carbons (Fsp3) is 0.167. The Morgan fingerprint density at radius 2 is 1.77 bits per heavy atom. The third-order valence-corrected chi connectivity index (χ3v) is 5.78. The molecule has 0 radical (unpaired) electrons. The van der Waals surface area contributed by atoms with E-state index >= 15 is 0 Å². The van der Waals surface area contributed by atoms with Gasteiger partial charge in [-0.25, -0.2) is 0 Å². The van der Waals surface area contributed by atoms with Gasteiger partial charge >= 0.3 is 0 Å². The normalized spacial score (nSPS) is 15.1. The van der Waals surface area contributed by atoms with E-state index in [0.29, 0.717) is 29.5 Å². The molecule has 0 fully saturated rings. The van der Waals surface area contributed by atoms with E-state index in [0.717, 1.165) is 23.0 Å². The Morgan fingerprint density at radius 1 is 1.03 bits per heavy atom. The first kappa shape index (κ1) is 19.0. The molecule has 7 nitrogen and oxygen atoms in total. The van der Waals surface area contributed by atoms with Gasteiger partial charge in [-0.3, -0.25) is 20.4 Å². The molecule has 2 amide bonds. The van der Waals surface area contributed by atoms with Crippen molar-refractivity contribution in [2.24, 2.45) is 0 Å². The highest BCUT2D eigenvalue weighted by molar-refractivity contribution is 6.07. The molecule has 0 bridgehead atoms. The zero-order valence-electron chi connectivity index (χ0n) is 17.0. The molecule has 0 saturated heterocycles. The van der Waals surface area contributed by atoms with Crippen LogP contribution in [-0.2, 0) is 13.0 Å². The number of aromatic nitrogens is 1. The minimum Gasteiger partial charge on any atom is -0.467 e. The molecule has 5 rings (SSSR count). The smallest absolute Gasteiger partial charge is 0.273 e. The second-order valence-electron chi connectivity index (χ2n) is 7.72. The number of amides is 2. The van der Waals surface area contributed by atoms with Gasteiger partial charge in [0.2, 0.25) is 0 Å². The average Bonchev–Trinajstić information content (AvgIpc) is 3.50. The molecule has 0 spiro atoms. The molecule has 1 unspecified atom stereocenters. The second-order valence-corrected chi connectivity index (χ2v) is 7.72. The highest BCUT2D eigenvalue weighted by atomic mass is 16.3. The number of hydrogen-bond donors (Lipinski definition) is 3. The monoisotopic (exact) mass is 414 g/mol. The Labute approximate surface area is 179 Å². The van der Waals surface area contributed by atoms with Gasteiger partial charge < -0.3 is 14.3 Å². The van der Waals surface area contributed by atoms with Crippen molar-refractivity contribution in [2.45, 2.75) is 25.9 Å². The molecule has 4 aromatic rings. The number of carbonyl (C=O) groups excluding carboxylic acids is 2. The summed E-state index contributed by atoms with van der Waals surface area (Å²) < 4.78 is 5.63. The summed E-state index contributed by atoms with van der Waals surface area (Å²) in [5.41, 5.74) is 9.17. The van der Waals surface area contributed by atoms with Gasteiger partial charge in [0.15, 0.2) is 0 Å². The van der Waals surface area contributed by atoms with E-state index in [1.54, 1.807) is 12.3 Å². The summed E-state index contributed by atoms with van der Waals surface area (Å²) in [4.78, 5) is 30.6. The molecule has 2 aromatic carbocycles. The number of hydrogen-bond acceptors (Lipinski definition) is 4. The van der Waals surface area contributed by atoms with Crippen LogP contribution in [0.1, 0.15) is 39.0 Å². The average molecular weight is 414 g/mol. The predicted molar refractivity (Wildman–Crippen MR) is 118 cm³/mol. The molecule has 7 heteroatoms. The number of aromatic amines is 1. The largest absolute Gasteiger partial charge is 0.467 e. The van der Waals surface area contributed by atoms with Crippen LogP contribution in [0.5, 0.6) is 0 Å². The molecule has 2 aromatic heterocycles.